The molecule has 4 aliphatic heterocycles. The maximum atomic E-state index is 14.5. The molecule has 2 amide bonds. The molecule has 1 saturated carbocycles. The number of piperidine rings is 1. The summed E-state index contributed by atoms with van der Waals surface area (Å²) in [5, 5.41) is 41.6. The van der Waals surface area contributed by atoms with Gasteiger partial charge in [-0.1, -0.05) is 50.6 Å². The number of carbonyl (C=O) groups excluding carboxylic acids is 5. The Kier molecular flexibility index (Phi) is 18.7. The summed E-state index contributed by atoms with van der Waals surface area (Å²) in [6, 6.07) is -1.18. The maximum absolute atomic E-state index is 14.5. The van der Waals surface area contributed by atoms with Crippen LogP contribution in [0.3, 0.4) is 0 Å². The number of carbonyl (C=O) groups is 5. The third kappa shape index (κ3) is 12.7. The van der Waals surface area contributed by atoms with Crippen molar-refractivity contribution in [2.45, 2.75) is 173 Å². The van der Waals surface area contributed by atoms with E-state index in [0.29, 0.717) is 88.8 Å². The highest BCUT2D eigenvalue weighted by molar-refractivity contribution is 6.39. The maximum Gasteiger partial charge on any atom is 0.410 e. The molecule has 2 bridgehead atoms. The van der Waals surface area contributed by atoms with E-state index in [2.05, 4.69) is 10.2 Å². The second kappa shape index (κ2) is 24.0. The van der Waals surface area contributed by atoms with Crippen molar-refractivity contribution in [2.75, 3.05) is 33.9 Å². The van der Waals surface area contributed by atoms with Crippen LogP contribution in [0.25, 0.3) is 0 Å². The van der Waals surface area contributed by atoms with Crippen LogP contribution >= 0.6 is 0 Å². The van der Waals surface area contributed by atoms with E-state index in [1.54, 1.807) is 37.2 Å². The monoisotopic (exact) mass is 954 g/mol. The summed E-state index contributed by atoms with van der Waals surface area (Å²) in [7, 11) is 3.03. The average molecular weight is 954 g/mol. The molecule has 0 spiro atoms. The second-order valence-electron chi connectivity index (χ2n) is 20.0. The summed E-state index contributed by atoms with van der Waals surface area (Å²) in [5.74, 6) is -7.36. The van der Waals surface area contributed by atoms with Gasteiger partial charge >= 0.3 is 12.1 Å². The summed E-state index contributed by atoms with van der Waals surface area (Å²) in [6.07, 6.45) is 8.86. The van der Waals surface area contributed by atoms with Crippen LogP contribution in [-0.2, 0) is 56.0 Å². The number of esters is 1. The highest BCUT2D eigenvalue weighted by atomic mass is 16.7. The Hall–Kier alpha value is -4.33. The molecule has 378 valence electrons. The van der Waals surface area contributed by atoms with Gasteiger partial charge < -0.3 is 48.5 Å². The molecule has 18 heteroatoms. The number of Topliss-reactive ketones (excluding diaryl/α,β-unsaturated/α-hetero) is 2. The van der Waals surface area contributed by atoms with E-state index in [0.717, 1.165) is 5.57 Å². The number of allylic oxidation sites excluding steroid dienone is 4. The van der Waals surface area contributed by atoms with E-state index in [-0.39, 0.29) is 62.2 Å². The topological polar surface area (TPSA) is 229 Å². The Bertz CT molecular complexity index is 2010. The Morgan fingerprint density at radius 3 is 2.38 bits per heavy atom. The number of methoxy groups -OCH3 is 2. The first-order valence-corrected chi connectivity index (χ1v) is 24.6. The van der Waals surface area contributed by atoms with Crippen molar-refractivity contribution in [3.63, 3.8) is 0 Å². The van der Waals surface area contributed by atoms with Gasteiger partial charge in [0.1, 0.15) is 36.5 Å². The van der Waals surface area contributed by atoms with Crippen LogP contribution in [0, 0.1) is 29.6 Å². The lowest BCUT2D eigenvalue weighted by Crippen LogP contribution is -2.64. The van der Waals surface area contributed by atoms with Crippen LogP contribution in [0.1, 0.15) is 117 Å². The highest BCUT2D eigenvalue weighted by Crippen LogP contribution is 2.39. The molecule has 2 saturated heterocycles. The smallest absolute Gasteiger partial charge is 0.410 e. The molecule has 0 unspecified atom stereocenters. The molecule has 0 radical (unpaired) electrons. The minimum atomic E-state index is -2.54. The minimum absolute atomic E-state index is 0.0225. The van der Waals surface area contributed by atoms with Gasteiger partial charge in [0.15, 0.2) is 5.82 Å². The second-order valence-corrected chi connectivity index (χ2v) is 20.0. The third-order valence-corrected chi connectivity index (χ3v) is 14.9. The fourth-order valence-corrected chi connectivity index (χ4v) is 10.8. The van der Waals surface area contributed by atoms with Gasteiger partial charge in [-0.15, -0.1) is 10.2 Å². The van der Waals surface area contributed by atoms with Gasteiger partial charge in [0.25, 0.3) is 11.7 Å². The lowest BCUT2D eigenvalue weighted by Gasteiger charge is -2.47. The first kappa shape index (κ1) is 53.0. The number of cyclic esters (lactones) is 1. The predicted octanol–water partition coefficient (Wildman–Crippen LogP) is 4.63. The van der Waals surface area contributed by atoms with Crippen molar-refractivity contribution in [3.05, 3.63) is 47.6 Å². The van der Waals surface area contributed by atoms with Gasteiger partial charge in [0.2, 0.25) is 5.79 Å². The number of aliphatic hydroxyl groups is 3. The average Bonchev–Trinajstić information content (AvgIpc) is 3.81. The van der Waals surface area contributed by atoms with E-state index in [9.17, 15) is 39.3 Å². The van der Waals surface area contributed by atoms with Crippen molar-refractivity contribution in [2.24, 2.45) is 29.6 Å². The van der Waals surface area contributed by atoms with Crippen LogP contribution in [0.15, 0.2) is 41.8 Å². The molecule has 3 fully saturated rings. The first-order valence-electron chi connectivity index (χ1n) is 24.6. The summed E-state index contributed by atoms with van der Waals surface area (Å²) in [6.45, 7) is 10.4. The number of hydrogen-bond donors (Lipinski definition) is 3. The van der Waals surface area contributed by atoms with Crippen molar-refractivity contribution in [1.82, 2.24) is 24.6 Å². The number of ether oxygens (including phenoxy) is 5. The Labute approximate surface area is 400 Å². The molecule has 6 rings (SSSR count). The largest absolute Gasteiger partial charge is 0.456 e. The number of hydrogen-bond acceptors (Lipinski definition) is 15. The summed E-state index contributed by atoms with van der Waals surface area (Å²) >= 11 is 0. The van der Waals surface area contributed by atoms with Gasteiger partial charge in [-0.3, -0.25) is 19.3 Å². The molecule has 1 aromatic heterocycles. The van der Waals surface area contributed by atoms with Crippen LogP contribution in [0.5, 0.6) is 0 Å². The van der Waals surface area contributed by atoms with Crippen molar-refractivity contribution in [3.8, 4) is 0 Å². The summed E-state index contributed by atoms with van der Waals surface area (Å²) in [5.41, 5.74) is 1.56. The molecule has 18 nitrogen and oxygen atoms in total. The number of nitrogens with zero attached hydrogens (tertiary/aromatic N) is 5. The summed E-state index contributed by atoms with van der Waals surface area (Å²) in [4.78, 5) is 73.4. The lowest BCUT2D eigenvalue weighted by molar-refractivity contribution is -0.302. The molecule has 5 heterocycles. The Morgan fingerprint density at radius 2 is 1.68 bits per heavy atom. The Morgan fingerprint density at radius 1 is 0.956 bits per heavy atom. The number of aliphatic hydroxyl groups excluding tert-OH is 2. The zero-order valence-electron chi connectivity index (χ0n) is 41.0. The molecule has 0 aromatic carbocycles. The van der Waals surface area contributed by atoms with Gasteiger partial charge in [-0.05, 0) is 102 Å². The predicted molar refractivity (Wildman–Crippen MR) is 247 cm³/mol. The fraction of sp³-hybridized carbons (Fsp3) is 0.740. The number of ketones is 2. The van der Waals surface area contributed by atoms with Gasteiger partial charge in [-0.25, -0.2) is 9.59 Å². The van der Waals surface area contributed by atoms with Crippen molar-refractivity contribution >= 4 is 29.5 Å². The van der Waals surface area contributed by atoms with E-state index >= 15 is 0 Å². The minimum Gasteiger partial charge on any atom is -0.456 e. The van der Waals surface area contributed by atoms with E-state index < -0.39 is 77.8 Å². The van der Waals surface area contributed by atoms with E-state index in [1.807, 2.05) is 37.5 Å². The summed E-state index contributed by atoms with van der Waals surface area (Å²) < 4.78 is 32.3. The van der Waals surface area contributed by atoms with Crippen LogP contribution < -0.4 is 0 Å². The zero-order chi connectivity index (χ0) is 49.3. The third-order valence-electron chi connectivity index (χ3n) is 14.9. The Balaban J connectivity index is 1.27. The zero-order valence-corrected chi connectivity index (χ0v) is 41.0. The number of rotatable bonds is 8. The molecular formula is C50H75N5O13. The quantitative estimate of drug-likeness (QED) is 0.183. The van der Waals surface area contributed by atoms with Crippen molar-refractivity contribution in [1.29, 1.82) is 0 Å². The molecule has 1 aromatic rings. The first-order chi connectivity index (χ1) is 32.5. The lowest BCUT2D eigenvalue weighted by atomic mass is 9.82. The van der Waals surface area contributed by atoms with Crippen LogP contribution in [0.2, 0.25) is 0 Å². The molecule has 68 heavy (non-hydrogen) atoms. The number of fused-ring (bicyclic) bond motifs is 4. The van der Waals surface area contributed by atoms with Gasteiger partial charge in [0.05, 0.1) is 31.5 Å². The molecule has 1 aliphatic carbocycles. The number of aromatic nitrogens is 3. The standard InChI is InChI=1S/C50H75N5O13/c1-30-22-31(2)24-41(64-6)45-42(65-7)26-33(4)50(63,68-45)46(59)47(60)55-18-10-8-13-38(55)48(61)67-44(34(5)39(57)27-40(58)36(23-30)12-9-11-21-56)32(3)25-35-14-16-37(17-15-35)66-49(62)53-19-20-54-29-51-52-43(54)28-53/h9,11,23,25,29,31,33-39,41-42,44-45,56-57,63H,8,10,12-22,24,26-28H2,1-7H3/b11-9+,30-23+,32-25+/t31-,33+,34+,35-,36+,37-,38-,39-,41-,42-,44+,45+,50+/m0/s1. The van der Waals surface area contributed by atoms with Gasteiger partial charge in [-0.2, -0.15) is 0 Å². The SMILES string of the molecule is CO[C@H]1C[C@@H](C)C/C(C)=C/[C@@H](C/C=C/CO)C(=O)C[C@H](O)[C@@H](C)[C@@H](/C(C)=C/[C@H]2CC[C@H](OC(=O)N3CCn4cnnc4C3)CC2)OC(=O)[C@@H]2CCCCN2C(=O)C(=O)[C@]2(O)O[C@H]1[C@@H](OC)C[C@H]2C. The van der Waals surface area contributed by atoms with Crippen molar-refractivity contribution < 1.29 is 63.0 Å². The van der Waals surface area contributed by atoms with Crippen LogP contribution in [-0.4, -0.2) is 152 Å². The molecule has 11 atom stereocenters. The number of amides is 2. The fourth-order valence-electron chi connectivity index (χ4n) is 10.8. The van der Waals surface area contributed by atoms with E-state index in [1.165, 1.54) is 19.1 Å². The van der Waals surface area contributed by atoms with Gasteiger partial charge in [0, 0.05) is 58.0 Å². The molecular weight excluding hydrogens is 879 g/mol. The van der Waals surface area contributed by atoms with E-state index in [4.69, 9.17) is 23.7 Å². The normalized spacial score (nSPS) is 36.3. The molecule has 3 N–H and O–H groups in total. The molecule has 5 aliphatic rings. The van der Waals surface area contributed by atoms with Crippen LogP contribution in [0.4, 0.5) is 4.79 Å². The highest BCUT2D eigenvalue weighted by Gasteiger charge is 2.56.